The average molecular weight is 287 g/mol. The van der Waals surface area contributed by atoms with Crippen LogP contribution in [0.25, 0.3) is 0 Å². The molecule has 0 saturated heterocycles. The summed E-state index contributed by atoms with van der Waals surface area (Å²) < 4.78 is 10.2. The van der Waals surface area contributed by atoms with E-state index in [4.69, 9.17) is 34.8 Å². The molecule has 0 heterocycles. The van der Waals surface area contributed by atoms with Gasteiger partial charge in [-0.2, -0.15) is 0 Å². The van der Waals surface area contributed by atoms with Gasteiger partial charge in [0.2, 0.25) is 3.79 Å². The van der Waals surface area contributed by atoms with Crippen molar-refractivity contribution in [1.29, 1.82) is 0 Å². The molecule has 0 N–H and O–H groups in total. The summed E-state index contributed by atoms with van der Waals surface area (Å²) in [5.41, 5.74) is 1.61. The van der Waals surface area contributed by atoms with E-state index in [1.54, 1.807) is 24.6 Å². The molecular formula is C10H12Cl3OS+. The van der Waals surface area contributed by atoms with Crippen LogP contribution in [-0.2, 0) is 23.7 Å². The molecule has 0 amide bonds. The van der Waals surface area contributed by atoms with E-state index in [-0.39, 0.29) is 0 Å². The zero-order valence-corrected chi connectivity index (χ0v) is 11.6. The highest BCUT2D eigenvalue weighted by molar-refractivity contribution is 8.00. The molecule has 1 aromatic rings. The third kappa shape index (κ3) is 4.73. The molecule has 0 spiro atoms. The van der Waals surface area contributed by atoms with Gasteiger partial charge in [0.05, 0.1) is 9.93 Å². The Morgan fingerprint density at radius 1 is 1.13 bits per heavy atom. The van der Waals surface area contributed by atoms with Crippen LogP contribution in [0, 0.1) is 0 Å². The van der Waals surface area contributed by atoms with Gasteiger partial charge in [0, 0.05) is 11.1 Å². The maximum atomic E-state index is 11.6. The number of hydrogen-bond donors (Lipinski definition) is 0. The highest BCUT2D eigenvalue weighted by Crippen LogP contribution is 2.38. The van der Waals surface area contributed by atoms with Gasteiger partial charge >= 0.3 is 0 Å². The lowest BCUT2D eigenvalue weighted by molar-refractivity contribution is 0.590. The van der Waals surface area contributed by atoms with Crippen LogP contribution < -0.4 is 0 Å². The van der Waals surface area contributed by atoms with Gasteiger partial charge in [0.25, 0.3) is 0 Å². The molecule has 0 unspecified atom stereocenters. The van der Waals surface area contributed by atoms with Gasteiger partial charge < -0.3 is 0 Å². The largest absolute Gasteiger partial charge is 0.216 e. The lowest BCUT2D eigenvalue weighted by Gasteiger charge is -2.11. The van der Waals surface area contributed by atoms with Gasteiger partial charge in [-0.1, -0.05) is 59.1 Å². The second-order valence-corrected chi connectivity index (χ2v) is 9.22. The fourth-order valence-electron chi connectivity index (χ4n) is 1.19. The molecule has 0 aliphatic carbocycles. The van der Waals surface area contributed by atoms with Crippen LogP contribution >= 0.6 is 34.8 Å². The first-order valence-corrected chi connectivity index (χ1v) is 7.94. The van der Waals surface area contributed by atoms with Crippen LogP contribution in [0.15, 0.2) is 24.3 Å². The molecule has 0 aromatic heterocycles. The minimum absolute atomic E-state index is 0.549. The Labute approximate surface area is 106 Å². The fourth-order valence-corrected chi connectivity index (χ4v) is 2.56. The third-order valence-corrected chi connectivity index (χ3v) is 3.48. The minimum Gasteiger partial charge on any atom is -0.106 e. The molecule has 0 fully saturated rings. The van der Waals surface area contributed by atoms with Gasteiger partial charge in [-0.3, -0.25) is 0 Å². The zero-order valence-electron chi connectivity index (χ0n) is 8.47. The highest BCUT2D eigenvalue weighted by Gasteiger charge is 2.22. The summed E-state index contributed by atoms with van der Waals surface area (Å²) in [6.07, 6.45) is 3.46. The molecule has 1 nitrogen and oxygen atoms in total. The lowest BCUT2D eigenvalue weighted by Crippen LogP contribution is -2.08. The van der Waals surface area contributed by atoms with E-state index in [2.05, 4.69) is 0 Å². The fraction of sp³-hybridized carbons (Fsp3) is 0.400. The van der Waals surface area contributed by atoms with Gasteiger partial charge in [-0.25, -0.2) is 0 Å². The molecule has 15 heavy (non-hydrogen) atoms. The van der Waals surface area contributed by atoms with E-state index >= 15 is 0 Å². The van der Waals surface area contributed by atoms with Crippen molar-refractivity contribution in [2.24, 2.45) is 0 Å². The Balaban J connectivity index is 2.87. The van der Waals surface area contributed by atoms with E-state index in [1.807, 2.05) is 12.1 Å². The van der Waals surface area contributed by atoms with E-state index in [0.29, 0.717) is 11.3 Å². The summed E-state index contributed by atoms with van der Waals surface area (Å²) in [7, 11) is -1.77. The van der Waals surface area contributed by atoms with E-state index in [1.165, 1.54) is 0 Å². The van der Waals surface area contributed by atoms with Gasteiger partial charge in [0.15, 0.2) is 0 Å². The number of benzene rings is 1. The first kappa shape index (κ1) is 13.3. The number of alkyl halides is 3. The van der Waals surface area contributed by atoms with Crippen LogP contribution in [0.2, 0.25) is 0 Å². The van der Waals surface area contributed by atoms with Gasteiger partial charge in [-0.05, 0) is 0 Å². The standard InChI is InChI=1S/C10H12Cl3OS/c1-15(2,14)7-8-3-5-9(6-4-8)10(11,12)13/h3-6H,7H2,1-2H3/q+1. The van der Waals surface area contributed by atoms with Crippen molar-refractivity contribution in [3.63, 3.8) is 0 Å². The Morgan fingerprint density at radius 3 is 1.93 bits per heavy atom. The Bertz CT molecular complexity index is 375. The van der Waals surface area contributed by atoms with Crippen LogP contribution in [0.5, 0.6) is 0 Å². The van der Waals surface area contributed by atoms with E-state index < -0.39 is 13.7 Å². The Morgan fingerprint density at radius 2 is 1.60 bits per heavy atom. The van der Waals surface area contributed by atoms with Crippen molar-refractivity contribution in [2.75, 3.05) is 12.5 Å². The zero-order chi connectivity index (χ0) is 11.7. The second kappa shape index (κ2) is 4.62. The van der Waals surface area contributed by atoms with E-state index in [9.17, 15) is 4.21 Å². The van der Waals surface area contributed by atoms with Crippen LogP contribution in [0.4, 0.5) is 0 Å². The predicted octanol–water partition coefficient (Wildman–Crippen LogP) is 3.77. The number of rotatable bonds is 2. The SMILES string of the molecule is C[S+](C)(=O)Cc1ccc(C(Cl)(Cl)Cl)cc1. The summed E-state index contributed by atoms with van der Waals surface area (Å²) in [5, 5.41) is 0. The number of halogens is 3. The van der Waals surface area contributed by atoms with Crippen molar-refractivity contribution < 1.29 is 4.21 Å². The lowest BCUT2D eigenvalue weighted by atomic mass is 10.2. The smallest absolute Gasteiger partial charge is 0.106 e. The summed E-state index contributed by atoms with van der Waals surface area (Å²) in [6, 6.07) is 7.16. The molecule has 0 radical (unpaired) electrons. The molecule has 1 rings (SSSR count). The molecular weight excluding hydrogens is 275 g/mol. The van der Waals surface area contributed by atoms with Gasteiger partial charge in [-0.15, -0.1) is 4.21 Å². The average Bonchev–Trinajstić information content (AvgIpc) is 2.00. The minimum atomic E-state index is -1.77. The first-order valence-electron chi connectivity index (χ1n) is 4.26. The predicted molar refractivity (Wildman–Crippen MR) is 69.3 cm³/mol. The maximum Gasteiger partial charge on any atom is 0.216 e. The van der Waals surface area contributed by atoms with Crippen LogP contribution in [0.1, 0.15) is 11.1 Å². The molecule has 5 heteroatoms. The Hall–Kier alpha value is 0.240. The topological polar surface area (TPSA) is 17.1 Å². The van der Waals surface area contributed by atoms with Crippen LogP contribution in [0.3, 0.4) is 0 Å². The normalized spacial score (nSPS) is 12.9. The van der Waals surface area contributed by atoms with Crippen molar-refractivity contribution in [3.05, 3.63) is 35.4 Å². The first-order chi connectivity index (χ1) is 6.68. The van der Waals surface area contributed by atoms with Crippen molar-refractivity contribution >= 4 is 44.7 Å². The van der Waals surface area contributed by atoms with Crippen molar-refractivity contribution in [2.45, 2.75) is 9.55 Å². The molecule has 1 aromatic carbocycles. The molecule has 0 bridgehead atoms. The maximum absolute atomic E-state index is 11.6. The summed E-state index contributed by atoms with van der Waals surface area (Å²) in [4.78, 5) is 0. The summed E-state index contributed by atoms with van der Waals surface area (Å²) >= 11 is 17.2. The monoisotopic (exact) mass is 285 g/mol. The van der Waals surface area contributed by atoms with E-state index in [0.717, 1.165) is 5.56 Å². The quantitative estimate of drug-likeness (QED) is 0.597. The molecule has 0 aliphatic rings. The third-order valence-electron chi connectivity index (χ3n) is 1.80. The molecule has 0 atom stereocenters. The molecule has 0 aliphatic heterocycles. The highest BCUT2D eigenvalue weighted by atomic mass is 35.6. The van der Waals surface area contributed by atoms with Crippen molar-refractivity contribution in [1.82, 2.24) is 0 Å². The second-order valence-electron chi connectivity index (χ2n) is 3.78. The summed E-state index contributed by atoms with van der Waals surface area (Å²) in [6.45, 7) is 0. The Kier molecular flexibility index (Phi) is 4.10. The number of hydrogen-bond acceptors (Lipinski definition) is 1. The van der Waals surface area contributed by atoms with Crippen LogP contribution in [-0.4, -0.2) is 12.5 Å². The molecule has 84 valence electrons. The molecule has 0 saturated carbocycles. The van der Waals surface area contributed by atoms with Gasteiger partial charge in [0.1, 0.15) is 18.3 Å². The van der Waals surface area contributed by atoms with Crippen molar-refractivity contribution in [3.8, 4) is 0 Å². The summed E-state index contributed by atoms with van der Waals surface area (Å²) in [5.74, 6) is 0.549.